The van der Waals surface area contributed by atoms with Gasteiger partial charge in [0, 0.05) is 12.4 Å². The van der Waals surface area contributed by atoms with E-state index in [-0.39, 0.29) is 0 Å². The average molecular weight is 281 g/mol. The molecule has 104 valence electrons. The lowest BCUT2D eigenvalue weighted by Crippen LogP contribution is -1.87. The van der Waals surface area contributed by atoms with Gasteiger partial charge in [0.1, 0.15) is 0 Å². The lowest BCUT2D eigenvalue weighted by molar-refractivity contribution is 1.33. The van der Waals surface area contributed by atoms with E-state index < -0.39 is 0 Å². The summed E-state index contributed by atoms with van der Waals surface area (Å²) in [6.45, 7) is 3.97. The molecule has 0 fully saturated rings. The Morgan fingerprint density at radius 1 is 0.773 bits per heavy atom. The lowest BCUT2D eigenvalue weighted by atomic mass is 9.92. The van der Waals surface area contributed by atoms with Gasteiger partial charge in [-0.25, -0.2) is 0 Å². The molecule has 0 unspecified atom stereocenters. The smallest absolute Gasteiger partial charge is 0.0273 e. The molecule has 1 aromatic heterocycles. The van der Waals surface area contributed by atoms with Crippen molar-refractivity contribution in [3.05, 3.63) is 85.2 Å². The van der Waals surface area contributed by atoms with Gasteiger partial charge in [0.25, 0.3) is 0 Å². The number of fused-ring (bicyclic) bond motifs is 2. The van der Waals surface area contributed by atoms with Crippen LogP contribution >= 0.6 is 0 Å². The van der Waals surface area contributed by atoms with Crippen LogP contribution in [-0.4, -0.2) is 4.98 Å². The van der Waals surface area contributed by atoms with Crippen molar-refractivity contribution >= 4 is 27.6 Å². The Labute approximate surface area is 129 Å². The monoisotopic (exact) mass is 281 g/mol. The van der Waals surface area contributed by atoms with E-state index in [2.05, 4.69) is 72.2 Å². The van der Waals surface area contributed by atoms with Gasteiger partial charge in [0.2, 0.25) is 0 Å². The van der Waals surface area contributed by atoms with Crippen LogP contribution < -0.4 is 0 Å². The van der Waals surface area contributed by atoms with Crippen LogP contribution in [0.5, 0.6) is 0 Å². The normalized spacial score (nSPS) is 10.9. The fourth-order valence-electron chi connectivity index (χ4n) is 3.04. The number of rotatable bonds is 2. The maximum Gasteiger partial charge on any atom is 0.0273 e. The van der Waals surface area contributed by atoms with Crippen molar-refractivity contribution in [2.24, 2.45) is 0 Å². The SMILES string of the molecule is C=Cc1ccc2cc3ccccc3cc2c1-c1ccncc1. The molecule has 4 aromatic rings. The summed E-state index contributed by atoms with van der Waals surface area (Å²) in [6.07, 6.45) is 5.59. The first-order valence-electron chi connectivity index (χ1n) is 7.35. The molecule has 0 saturated heterocycles. The Morgan fingerprint density at radius 3 is 2.23 bits per heavy atom. The van der Waals surface area contributed by atoms with Gasteiger partial charge in [-0.15, -0.1) is 0 Å². The van der Waals surface area contributed by atoms with E-state index in [1.54, 1.807) is 0 Å². The van der Waals surface area contributed by atoms with Crippen molar-refractivity contribution in [1.82, 2.24) is 4.98 Å². The van der Waals surface area contributed by atoms with Crippen LogP contribution in [0.2, 0.25) is 0 Å². The maximum atomic E-state index is 4.13. The zero-order valence-corrected chi connectivity index (χ0v) is 12.2. The molecule has 22 heavy (non-hydrogen) atoms. The molecule has 0 aliphatic carbocycles. The van der Waals surface area contributed by atoms with Crippen LogP contribution in [0, 0.1) is 0 Å². The van der Waals surface area contributed by atoms with E-state index in [0.717, 1.165) is 5.56 Å². The molecule has 0 atom stereocenters. The number of aromatic nitrogens is 1. The first kappa shape index (κ1) is 12.8. The molecule has 0 bridgehead atoms. The number of hydrogen-bond acceptors (Lipinski definition) is 1. The van der Waals surface area contributed by atoms with Crippen molar-refractivity contribution in [2.45, 2.75) is 0 Å². The minimum Gasteiger partial charge on any atom is -0.265 e. The first-order chi connectivity index (χ1) is 10.9. The quantitative estimate of drug-likeness (QED) is 0.430. The summed E-state index contributed by atoms with van der Waals surface area (Å²) in [7, 11) is 0. The van der Waals surface area contributed by atoms with Crippen LogP contribution in [0.25, 0.3) is 38.7 Å². The predicted molar refractivity (Wildman–Crippen MR) is 94.8 cm³/mol. The second kappa shape index (κ2) is 5.12. The number of nitrogens with zero attached hydrogens (tertiary/aromatic N) is 1. The maximum absolute atomic E-state index is 4.13. The summed E-state index contributed by atoms with van der Waals surface area (Å²) < 4.78 is 0. The molecule has 3 aromatic carbocycles. The number of hydrogen-bond donors (Lipinski definition) is 0. The van der Waals surface area contributed by atoms with Gasteiger partial charge in [-0.2, -0.15) is 0 Å². The third-order valence-electron chi connectivity index (χ3n) is 4.11. The van der Waals surface area contributed by atoms with Crippen LogP contribution in [-0.2, 0) is 0 Å². The van der Waals surface area contributed by atoms with Gasteiger partial charge in [-0.1, -0.05) is 49.1 Å². The van der Waals surface area contributed by atoms with Crippen molar-refractivity contribution in [2.75, 3.05) is 0 Å². The second-order valence-electron chi connectivity index (χ2n) is 5.39. The van der Waals surface area contributed by atoms with Gasteiger partial charge in [0.15, 0.2) is 0 Å². The zero-order valence-electron chi connectivity index (χ0n) is 12.2. The summed E-state index contributed by atoms with van der Waals surface area (Å²) in [5, 5.41) is 5.02. The Kier molecular flexibility index (Phi) is 2.97. The second-order valence-corrected chi connectivity index (χ2v) is 5.39. The van der Waals surface area contributed by atoms with Gasteiger partial charge in [-0.05, 0) is 62.5 Å². The minimum absolute atomic E-state index is 1.15. The first-order valence-corrected chi connectivity index (χ1v) is 7.35. The molecule has 0 N–H and O–H groups in total. The molecule has 1 heterocycles. The Balaban J connectivity index is 2.15. The third kappa shape index (κ3) is 1.99. The van der Waals surface area contributed by atoms with Crippen molar-refractivity contribution < 1.29 is 0 Å². The van der Waals surface area contributed by atoms with Gasteiger partial charge >= 0.3 is 0 Å². The van der Waals surface area contributed by atoms with E-state index in [1.807, 2.05) is 18.5 Å². The summed E-state index contributed by atoms with van der Waals surface area (Å²) in [6, 6.07) is 21.4. The minimum atomic E-state index is 1.15. The van der Waals surface area contributed by atoms with Crippen molar-refractivity contribution in [3.63, 3.8) is 0 Å². The molecule has 0 aliphatic rings. The van der Waals surface area contributed by atoms with E-state index in [0.29, 0.717) is 0 Å². The van der Waals surface area contributed by atoms with Gasteiger partial charge < -0.3 is 0 Å². The van der Waals surface area contributed by atoms with E-state index in [4.69, 9.17) is 0 Å². The Morgan fingerprint density at radius 2 is 1.50 bits per heavy atom. The average Bonchev–Trinajstić information content (AvgIpc) is 2.59. The predicted octanol–water partition coefficient (Wildman–Crippen LogP) is 5.70. The van der Waals surface area contributed by atoms with Crippen molar-refractivity contribution in [1.29, 1.82) is 0 Å². The van der Waals surface area contributed by atoms with Gasteiger partial charge in [-0.3, -0.25) is 4.98 Å². The van der Waals surface area contributed by atoms with Gasteiger partial charge in [0.05, 0.1) is 0 Å². The van der Waals surface area contributed by atoms with Crippen molar-refractivity contribution in [3.8, 4) is 11.1 Å². The zero-order chi connectivity index (χ0) is 14.9. The highest BCUT2D eigenvalue weighted by Gasteiger charge is 2.09. The molecule has 1 heteroatoms. The highest BCUT2D eigenvalue weighted by atomic mass is 14.6. The van der Waals surface area contributed by atoms with E-state index in [1.165, 1.54) is 32.7 Å². The molecule has 4 rings (SSSR count). The molecule has 0 aliphatic heterocycles. The Hall–Kier alpha value is -2.93. The fourth-order valence-corrected chi connectivity index (χ4v) is 3.04. The number of benzene rings is 3. The fraction of sp³-hybridized carbons (Fsp3) is 0. The molecule has 1 nitrogen and oxygen atoms in total. The third-order valence-corrected chi connectivity index (χ3v) is 4.11. The topological polar surface area (TPSA) is 12.9 Å². The summed E-state index contributed by atoms with van der Waals surface area (Å²) in [5.41, 5.74) is 3.54. The van der Waals surface area contributed by atoms with Crippen LogP contribution in [0.3, 0.4) is 0 Å². The molecular weight excluding hydrogens is 266 g/mol. The molecule has 0 radical (unpaired) electrons. The molecular formula is C21H15N. The summed E-state index contributed by atoms with van der Waals surface area (Å²) in [5.74, 6) is 0. The van der Waals surface area contributed by atoms with E-state index >= 15 is 0 Å². The molecule has 0 spiro atoms. The summed E-state index contributed by atoms with van der Waals surface area (Å²) in [4.78, 5) is 4.13. The van der Waals surface area contributed by atoms with Crippen LogP contribution in [0.4, 0.5) is 0 Å². The lowest BCUT2D eigenvalue weighted by Gasteiger charge is -2.12. The molecule has 0 saturated carbocycles. The molecule has 0 amide bonds. The van der Waals surface area contributed by atoms with Crippen LogP contribution in [0.1, 0.15) is 5.56 Å². The van der Waals surface area contributed by atoms with Crippen LogP contribution in [0.15, 0.2) is 79.6 Å². The largest absolute Gasteiger partial charge is 0.265 e. The highest BCUT2D eigenvalue weighted by molar-refractivity contribution is 6.07. The summed E-state index contributed by atoms with van der Waals surface area (Å²) >= 11 is 0. The Bertz CT molecular complexity index is 984. The number of pyridine rings is 1. The highest BCUT2D eigenvalue weighted by Crippen LogP contribution is 2.35. The van der Waals surface area contributed by atoms with E-state index in [9.17, 15) is 0 Å². The standard InChI is InChI=1S/C21H15N/c1-2-15-7-8-19-13-17-5-3-4-6-18(17)14-20(19)21(15)16-9-11-22-12-10-16/h2-14H,1H2.